The number of imidazole rings is 1. The summed E-state index contributed by atoms with van der Waals surface area (Å²) >= 11 is 11.6. The van der Waals surface area contributed by atoms with E-state index in [1.54, 1.807) is 0 Å². The van der Waals surface area contributed by atoms with Crippen LogP contribution in [0.15, 0.2) is 18.2 Å². The van der Waals surface area contributed by atoms with Gasteiger partial charge in [0.1, 0.15) is 0 Å². The van der Waals surface area contributed by atoms with Crippen LogP contribution in [-0.4, -0.2) is 9.55 Å². The molecule has 2 aromatic rings. The van der Waals surface area contributed by atoms with E-state index >= 15 is 0 Å². The van der Waals surface area contributed by atoms with Crippen LogP contribution in [0.5, 0.6) is 0 Å². The van der Waals surface area contributed by atoms with Gasteiger partial charge in [-0.15, -0.1) is 0 Å². The zero-order valence-electron chi connectivity index (χ0n) is 9.03. The van der Waals surface area contributed by atoms with Crippen molar-refractivity contribution in [2.75, 3.05) is 0 Å². The van der Waals surface area contributed by atoms with Crippen molar-refractivity contribution in [3.63, 3.8) is 0 Å². The van der Waals surface area contributed by atoms with Gasteiger partial charge in [0, 0.05) is 6.04 Å². The second kappa shape index (κ2) is 3.60. The van der Waals surface area contributed by atoms with E-state index in [0.29, 0.717) is 6.04 Å². The van der Waals surface area contributed by atoms with Gasteiger partial charge in [-0.1, -0.05) is 17.7 Å². The molecule has 1 aromatic carbocycles. The first-order valence-corrected chi connectivity index (χ1v) is 6.36. The maximum Gasteiger partial charge on any atom is 0.178 e. The molecule has 0 bridgehead atoms. The number of aromatic amines is 1. The Kier molecular flexibility index (Phi) is 2.33. The van der Waals surface area contributed by atoms with Gasteiger partial charge in [-0.05, 0) is 50.0 Å². The minimum Gasteiger partial charge on any atom is -0.331 e. The number of halogens is 1. The third-order valence-electron chi connectivity index (χ3n) is 3.40. The Labute approximate surface area is 104 Å². The van der Waals surface area contributed by atoms with E-state index in [4.69, 9.17) is 23.8 Å². The Morgan fingerprint density at radius 3 is 2.94 bits per heavy atom. The molecular formula is C12H13ClN2S. The quantitative estimate of drug-likeness (QED) is 0.790. The number of H-pyrrole nitrogens is 1. The van der Waals surface area contributed by atoms with Gasteiger partial charge in [-0.3, -0.25) is 0 Å². The van der Waals surface area contributed by atoms with Crippen LogP contribution in [0.2, 0.25) is 5.02 Å². The van der Waals surface area contributed by atoms with E-state index < -0.39 is 0 Å². The zero-order chi connectivity index (χ0) is 11.3. The molecule has 1 saturated carbocycles. The van der Waals surface area contributed by atoms with E-state index in [1.165, 1.54) is 12.8 Å². The lowest BCUT2D eigenvalue weighted by molar-refractivity contribution is 0.493. The fourth-order valence-electron chi connectivity index (χ4n) is 2.32. The molecule has 0 amide bonds. The predicted octanol–water partition coefficient (Wildman–Crippen LogP) is 4.32. The first-order chi connectivity index (χ1) is 7.68. The maximum atomic E-state index is 6.26. The topological polar surface area (TPSA) is 20.7 Å². The summed E-state index contributed by atoms with van der Waals surface area (Å²) in [6, 6.07) is 6.33. The number of fused-ring (bicyclic) bond motifs is 1. The molecule has 1 aromatic heterocycles. The van der Waals surface area contributed by atoms with Crippen molar-refractivity contribution < 1.29 is 0 Å². The smallest absolute Gasteiger partial charge is 0.178 e. The summed E-state index contributed by atoms with van der Waals surface area (Å²) in [5.41, 5.74) is 2.08. The molecule has 0 aliphatic heterocycles. The summed E-state index contributed by atoms with van der Waals surface area (Å²) in [5, 5.41) is 0.775. The van der Waals surface area contributed by atoms with Crippen molar-refractivity contribution >= 4 is 34.9 Å². The van der Waals surface area contributed by atoms with Crippen LogP contribution in [-0.2, 0) is 0 Å². The fourth-order valence-corrected chi connectivity index (χ4v) is 2.95. The van der Waals surface area contributed by atoms with E-state index in [2.05, 4.69) is 16.5 Å². The number of rotatable bonds is 2. The largest absolute Gasteiger partial charge is 0.331 e. The van der Waals surface area contributed by atoms with Gasteiger partial charge in [0.25, 0.3) is 0 Å². The molecule has 0 saturated heterocycles. The van der Waals surface area contributed by atoms with Crippen LogP contribution in [0.3, 0.4) is 0 Å². The van der Waals surface area contributed by atoms with E-state index in [0.717, 1.165) is 26.7 Å². The molecule has 1 N–H and O–H groups in total. The fraction of sp³-hybridized carbons (Fsp3) is 0.417. The average Bonchev–Trinajstić information content (AvgIpc) is 3.01. The lowest BCUT2D eigenvalue weighted by atomic mass is 10.2. The molecule has 1 fully saturated rings. The van der Waals surface area contributed by atoms with Crippen molar-refractivity contribution in [2.45, 2.75) is 25.8 Å². The molecule has 1 atom stereocenters. The molecule has 16 heavy (non-hydrogen) atoms. The molecular weight excluding hydrogens is 240 g/mol. The van der Waals surface area contributed by atoms with Crippen LogP contribution in [0.25, 0.3) is 11.0 Å². The van der Waals surface area contributed by atoms with Crippen LogP contribution in [0.4, 0.5) is 0 Å². The van der Waals surface area contributed by atoms with Gasteiger partial charge < -0.3 is 9.55 Å². The van der Waals surface area contributed by atoms with E-state index in [1.807, 2.05) is 18.2 Å². The Bertz CT molecular complexity index is 595. The number of hydrogen-bond donors (Lipinski definition) is 1. The highest BCUT2D eigenvalue weighted by atomic mass is 35.5. The Morgan fingerprint density at radius 1 is 1.50 bits per heavy atom. The summed E-state index contributed by atoms with van der Waals surface area (Å²) < 4.78 is 2.95. The second-order valence-electron chi connectivity index (χ2n) is 4.51. The monoisotopic (exact) mass is 252 g/mol. The molecule has 1 heterocycles. The van der Waals surface area contributed by atoms with Crippen LogP contribution >= 0.6 is 23.8 Å². The number of nitrogens with one attached hydrogen (secondary N) is 1. The van der Waals surface area contributed by atoms with E-state index in [9.17, 15) is 0 Å². The first-order valence-electron chi connectivity index (χ1n) is 5.57. The van der Waals surface area contributed by atoms with Crippen molar-refractivity contribution in [1.29, 1.82) is 0 Å². The Balaban J connectivity index is 2.29. The normalized spacial score (nSPS) is 17.9. The molecule has 0 spiro atoms. The molecule has 2 nitrogen and oxygen atoms in total. The Morgan fingerprint density at radius 2 is 2.25 bits per heavy atom. The SMILES string of the molecule is CC(C1CC1)n1c(=S)[nH]c2cccc(Cl)c21. The minimum atomic E-state index is 0.446. The number of hydrogen-bond acceptors (Lipinski definition) is 1. The minimum absolute atomic E-state index is 0.446. The number of nitrogens with zero attached hydrogens (tertiary/aromatic N) is 1. The van der Waals surface area contributed by atoms with Gasteiger partial charge in [0.15, 0.2) is 4.77 Å². The van der Waals surface area contributed by atoms with Crippen LogP contribution in [0, 0.1) is 10.7 Å². The number of aromatic nitrogens is 2. The molecule has 1 aliphatic carbocycles. The summed E-state index contributed by atoms with van der Waals surface area (Å²) in [5.74, 6) is 0.766. The van der Waals surface area contributed by atoms with Crippen molar-refractivity contribution in [2.24, 2.45) is 5.92 Å². The Hall–Kier alpha value is -0.800. The standard InChI is InChI=1S/C12H13ClN2S/c1-7(8-5-6-8)15-11-9(13)3-2-4-10(11)14-12(15)16/h2-4,7-8H,5-6H2,1H3,(H,14,16). The first kappa shape index (κ1) is 10.4. The van der Waals surface area contributed by atoms with Crippen molar-refractivity contribution in [3.8, 4) is 0 Å². The summed E-state index contributed by atoms with van der Waals surface area (Å²) in [4.78, 5) is 3.22. The molecule has 84 valence electrons. The maximum absolute atomic E-state index is 6.26. The van der Waals surface area contributed by atoms with Gasteiger partial charge in [0.2, 0.25) is 0 Å². The van der Waals surface area contributed by atoms with Gasteiger partial charge in [-0.2, -0.15) is 0 Å². The van der Waals surface area contributed by atoms with Gasteiger partial charge in [0.05, 0.1) is 16.1 Å². The van der Waals surface area contributed by atoms with Crippen molar-refractivity contribution in [3.05, 3.63) is 28.0 Å². The van der Waals surface area contributed by atoms with Gasteiger partial charge >= 0.3 is 0 Å². The summed E-state index contributed by atoms with van der Waals surface area (Å²) in [7, 11) is 0. The molecule has 3 rings (SSSR count). The van der Waals surface area contributed by atoms with Crippen molar-refractivity contribution in [1.82, 2.24) is 9.55 Å². The lowest BCUT2D eigenvalue weighted by Gasteiger charge is -2.13. The number of para-hydroxylation sites is 1. The highest BCUT2D eigenvalue weighted by Crippen LogP contribution is 2.41. The third-order valence-corrected chi connectivity index (χ3v) is 4.00. The van der Waals surface area contributed by atoms with Crippen LogP contribution in [0.1, 0.15) is 25.8 Å². The highest BCUT2D eigenvalue weighted by Gasteiger charge is 2.30. The number of benzene rings is 1. The zero-order valence-corrected chi connectivity index (χ0v) is 10.6. The molecule has 0 radical (unpaired) electrons. The van der Waals surface area contributed by atoms with Gasteiger partial charge in [-0.25, -0.2) is 0 Å². The van der Waals surface area contributed by atoms with Crippen LogP contribution < -0.4 is 0 Å². The molecule has 1 unspecified atom stereocenters. The summed E-state index contributed by atoms with van der Waals surface area (Å²) in [6.07, 6.45) is 2.61. The third kappa shape index (κ3) is 1.50. The molecule has 4 heteroatoms. The lowest BCUT2D eigenvalue weighted by Crippen LogP contribution is -2.07. The summed E-state index contributed by atoms with van der Waals surface area (Å²) in [6.45, 7) is 2.23. The molecule has 1 aliphatic rings. The average molecular weight is 253 g/mol. The predicted molar refractivity (Wildman–Crippen MR) is 69.6 cm³/mol. The highest BCUT2D eigenvalue weighted by molar-refractivity contribution is 7.71. The second-order valence-corrected chi connectivity index (χ2v) is 5.31. The van der Waals surface area contributed by atoms with E-state index in [-0.39, 0.29) is 0 Å².